The Bertz CT molecular complexity index is 835. The minimum absolute atomic E-state index is 0.00378. The van der Waals surface area contributed by atoms with E-state index < -0.39 is 15.9 Å². The summed E-state index contributed by atoms with van der Waals surface area (Å²) in [5, 5.41) is 6.35. The highest BCUT2D eigenvalue weighted by Crippen LogP contribution is 2.22. The SMILES string of the molecule is Cc1noc(C)c1S(=O)(=O)N(C)CC(=O)Nc1ccc(C(C)C)cc1. The molecule has 7 nitrogen and oxygen atoms in total. The zero-order chi connectivity index (χ0) is 18.8. The third-order valence-electron chi connectivity index (χ3n) is 3.86. The highest BCUT2D eigenvalue weighted by atomic mass is 32.2. The Morgan fingerprint density at radius 1 is 1.24 bits per heavy atom. The van der Waals surface area contributed by atoms with Crippen molar-refractivity contribution in [3.8, 4) is 0 Å². The Labute approximate surface area is 148 Å². The molecule has 0 saturated carbocycles. The maximum atomic E-state index is 12.6. The van der Waals surface area contributed by atoms with Crippen molar-refractivity contribution in [3.05, 3.63) is 41.3 Å². The lowest BCUT2D eigenvalue weighted by Gasteiger charge is -2.16. The molecule has 0 atom stereocenters. The molecule has 1 aromatic carbocycles. The van der Waals surface area contributed by atoms with Gasteiger partial charge in [-0.1, -0.05) is 31.1 Å². The Balaban J connectivity index is 2.07. The van der Waals surface area contributed by atoms with Crippen molar-refractivity contribution < 1.29 is 17.7 Å². The zero-order valence-corrected chi connectivity index (χ0v) is 15.8. The molecule has 0 aliphatic carbocycles. The first-order valence-corrected chi connectivity index (χ1v) is 9.36. The predicted molar refractivity (Wildman–Crippen MR) is 95.0 cm³/mol. The second-order valence-corrected chi connectivity index (χ2v) is 8.22. The standard InChI is InChI=1S/C17H23N3O4S/c1-11(2)14-6-8-15(9-7-14)18-16(21)10-20(5)25(22,23)17-12(3)19-24-13(17)4/h6-9,11H,10H2,1-5H3,(H,18,21). The Morgan fingerprint density at radius 3 is 2.32 bits per heavy atom. The predicted octanol–water partition coefficient (Wildman–Crippen LogP) is 2.67. The van der Waals surface area contributed by atoms with Crippen molar-refractivity contribution in [3.63, 3.8) is 0 Å². The summed E-state index contributed by atoms with van der Waals surface area (Å²) in [6, 6.07) is 7.47. The summed E-state index contributed by atoms with van der Waals surface area (Å²) in [4.78, 5) is 12.2. The van der Waals surface area contributed by atoms with E-state index in [1.807, 2.05) is 12.1 Å². The molecule has 0 bridgehead atoms. The maximum Gasteiger partial charge on any atom is 0.248 e. The normalized spacial score (nSPS) is 12.0. The fourth-order valence-corrected chi connectivity index (χ4v) is 3.85. The van der Waals surface area contributed by atoms with Gasteiger partial charge in [0.1, 0.15) is 10.6 Å². The number of benzene rings is 1. The minimum atomic E-state index is -3.85. The van der Waals surface area contributed by atoms with Crippen LogP contribution in [0.25, 0.3) is 0 Å². The first kappa shape index (κ1) is 19.1. The number of amides is 1. The number of aromatic nitrogens is 1. The molecule has 1 heterocycles. The summed E-state index contributed by atoms with van der Waals surface area (Å²) in [5.74, 6) is 0.181. The third-order valence-corrected chi connectivity index (χ3v) is 5.91. The molecule has 1 N–H and O–H groups in total. The number of carbonyl (C=O) groups is 1. The van der Waals surface area contributed by atoms with Crippen LogP contribution in [0.1, 0.15) is 36.8 Å². The smallest absolute Gasteiger partial charge is 0.248 e. The van der Waals surface area contributed by atoms with Gasteiger partial charge in [0.2, 0.25) is 15.9 Å². The quantitative estimate of drug-likeness (QED) is 0.849. The Hall–Kier alpha value is -2.19. The van der Waals surface area contributed by atoms with Gasteiger partial charge in [-0.2, -0.15) is 4.31 Å². The van der Waals surface area contributed by atoms with Gasteiger partial charge < -0.3 is 9.84 Å². The number of hydrogen-bond acceptors (Lipinski definition) is 5. The number of nitrogens with one attached hydrogen (secondary N) is 1. The average molecular weight is 365 g/mol. The van der Waals surface area contributed by atoms with Crippen molar-refractivity contribution in [2.75, 3.05) is 18.9 Å². The molecule has 0 unspecified atom stereocenters. The maximum absolute atomic E-state index is 12.6. The topological polar surface area (TPSA) is 92.5 Å². The molecule has 0 radical (unpaired) electrons. The van der Waals surface area contributed by atoms with Gasteiger partial charge in [0, 0.05) is 12.7 Å². The molecule has 25 heavy (non-hydrogen) atoms. The van der Waals surface area contributed by atoms with Crippen molar-refractivity contribution in [1.29, 1.82) is 0 Å². The van der Waals surface area contributed by atoms with E-state index in [1.54, 1.807) is 19.1 Å². The van der Waals surface area contributed by atoms with Crippen LogP contribution in [-0.4, -0.2) is 37.4 Å². The van der Waals surface area contributed by atoms with Crippen LogP contribution in [0.15, 0.2) is 33.7 Å². The van der Waals surface area contributed by atoms with E-state index in [9.17, 15) is 13.2 Å². The third kappa shape index (κ3) is 4.26. The summed E-state index contributed by atoms with van der Waals surface area (Å²) in [6.45, 7) is 6.94. The lowest BCUT2D eigenvalue weighted by Crippen LogP contribution is -2.35. The molecule has 0 aliphatic heterocycles. The summed E-state index contributed by atoms with van der Waals surface area (Å²) in [5.41, 5.74) is 2.06. The Kier molecular flexibility index (Phi) is 5.64. The average Bonchev–Trinajstić information content (AvgIpc) is 2.87. The summed E-state index contributed by atoms with van der Waals surface area (Å²) in [7, 11) is -2.50. The first-order chi connectivity index (χ1) is 11.6. The molecular weight excluding hydrogens is 342 g/mol. The summed E-state index contributed by atoms with van der Waals surface area (Å²) in [6.07, 6.45) is 0. The second-order valence-electron chi connectivity index (χ2n) is 6.24. The van der Waals surface area contributed by atoms with Gasteiger partial charge in [-0.3, -0.25) is 4.79 Å². The van der Waals surface area contributed by atoms with E-state index in [-0.39, 0.29) is 22.9 Å². The Morgan fingerprint density at radius 2 is 1.84 bits per heavy atom. The molecule has 1 aromatic heterocycles. The number of carbonyl (C=O) groups excluding carboxylic acids is 1. The van der Waals surface area contributed by atoms with Crippen LogP contribution in [0.2, 0.25) is 0 Å². The van der Waals surface area contributed by atoms with Gasteiger partial charge in [0.15, 0.2) is 5.76 Å². The highest BCUT2D eigenvalue weighted by molar-refractivity contribution is 7.89. The van der Waals surface area contributed by atoms with Gasteiger partial charge in [0.25, 0.3) is 0 Å². The van der Waals surface area contributed by atoms with Gasteiger partial charge in [0.05, 0.1) is 6.54 Å². The number of likely N-dealkylation sites (N-methyl/N-ethyl adjacent to an activating group) is 1. The largest absolute Gasteiger partial charge is 0.360 e. The molecule has 1 amide bonds. The molecule has 0 fully saturated rings. The van der Waals surface area contributed by atoms with Crippen LogP contribution in [0.3, 0.4) is 0 Å². The minimum Gasteiger partial charge on any atom is -0.360 e. The fourth-order valence-electron chi connectivity index (χ4n) is 2.44. The zero-order valence-electron chi connectivity index (χ0n) is 15.0. The lowest BCUT2D eigenvalue weighted by atomic mass is 10.0. The summed E-state index contributed by atoms with van der Waals surface area (Å²) >= 11 is 0. The van der Waals surface area contributed by atoms with Gasteiger partial charge in [-0.15, -0.1) is 0 Å². The number of nitrogens with zero attached hydrogens (tertiary/aromatic N) is 2. The number of anilines is 1. The summed E-state index contributed by atoms with van der Waals surface area (Å²) < 4.78 is 31.1. The van der Waals surface area contributed by atoms with Gasteiger partial charge in [-0.25, -0.2) is 8.42 Å². The monoisotopic (exact) mass is 365 g/mol. The molecule has 0 aliphatic rings. The highest BCUT2D eigenvalue weighted by Gasteiger charge is 2.29. The van der Waals surface area contributed by atoms with Crippen LogP contribution in [-0.2, 0) is 14.8 Å². The van der Waals surface area contributed by atoms with Crippen molar-refractivity contribution in [1.82, 2.24) is 9.46 Å². The number of sulfonamides is 1. The lowest BCUT2D eigenvalue weighted by molar-refractivity contribution is -0.116. The van der Waals surface area contributed by atoms with Crippen LogP contribution in [0.5, 0.6) is 0 Å². The van der Waals surface area contributed by atoms with Crippen LogP contribution in [0, 0.1) is 13.8 Å². The van der Waals surface area contributed by atoms with Crippen molar-refractivity contribution in [2.24, 2.45) is 0 Å². The molecule has 2 aromatic rings. The molecular formula is C17H23N3O4S. The van der Waals surface area contributed by atoms with Gasteiger partial charge >= 0.3 is 0 Å². The van der Waals surface area contributed by atoms with Crippen LogP contribution in [0.4, 0.5) is 5.69 Å². The van der Waals surface area contributed by atoms with E-state index in [4.69, 9.17) is 4.52 Å². The van der Waals surface area contributed by atoms with E-state index >= 15 is 0 Å². The van der Waals surface area contributed by atoms with E-state index in [0.717, 1.165) is 9.87 Å². The first-order valence-electron chi connectivity index (χ1n) is 7.92. The molecule has 136 valence electrons. The molecule has 0 spiro atoms. The molecule has 0 saturated heterocycles. The van der Waals surface area contributed by atoms with Crippen molar-refractivity contribution in [2.45, 2.75) is 38.5 Å². The second kappa shape index (κ2) is 7.37. The van der Waals surface area contributed by atoms with Crippen molar-refractivity contribution >= 4 is 21.6 Å². The molecule has 2 rings (SSSR count). The number of aryl methyl sites for hydroxylation is 2. The van der Waals surface area contributed by atoms with Gasteiger partial charge in [-0.05, 0) is 37.5 Å². The van der Waals surface area contributed by atoms with E-state index in [0.29, 0.717) is 11.6 Å². The van der Waals surface area contributed by atoms with Crippen LogP contribution < -0.4 is 5.32 Å². The number of rotatable bonds is 6. The fraction of sp³-hybridized carbons (Fsp3) is 0.412. The van der Waals surface area contributed by atoms with E-state index in [1.165, 1.54) is 14.0 Å². The number of hydrogen-bond donors (Lipinski definition) is 1. The van der Waals surface area contributed by atoms with Crippen LogP contribution >= 0.6 is 0 Å². The molecule has 8 heteroatoms. The van der Waals surface area contributed by atoms with E-state index in [2.05, 4.69) is 24.3 Å².